The van der Waals surface area contributed by atoms with E-state index in [4.69, 9.17) is 9.15 Å². The van der Waals surface area contributed by atoms with Crippen molar-refractivity contribution in [2.45, 2.75) is 18.8 Å². The SMILES string of the molecule is CNCCOc1ccc2c(ccc3occ(C(C=O)CCC(=O)NC)c32)c1. The Morgan fingerprint density at radius 2 is 2.11 bits per heavy atom. The normalized spacial score (nSPS) is 12.2. The predicted octanol–water partition coefficient (Wildman–Crippen LogP) is 2.99. The fraction of sp³-hybridized carbons (Fsp3) is 0.333. The molecule has 0 aliphatic heterocycles. The van der Waals surface area contributed by atoms with Crippen LogP contribution in [0.25, 0.3) is 21.7 Å². The Kier molecular flexibility index (Phi) is 6.08. The van der Waals surface area contributed by atoms with Crippen molar-refractivity contribution in [1.29, 1.82) is 0 Å². The van der Waals surface area contributed by atoms with Gasteiger partial charge in [0.2, 0.25) is 5.91 Å². The standard InChI is InChI=1S/C21H24N2O4/c1-22-9-10-26-16-5-6-17-14(11-16)3-7-19-21(17)18(13-27-19)15(12-24)4-8-20(25)23-2/h3,5-7,11-13,15,22H,4,8-10H2,1-2H3,(H,23,25). The van der Waals surface area contributed by atoms with Gasteiger partial charge in [0.15, 0.2) is 0 Å². The Balaban J connectivity index is 1.96. The summed E-state index contributed by atoms with van der Waals surface area (Å²) in [7, 11) is 3.48. The van der Waals surface area contributed by atoms with E-state index < -0.39 is 0 Å². The molecule has 0 aliphatic rings. The molecule has 3 rings (SSSR count). The molecule has 0 spiro atoms. The minimum atomic E-state index is -0.388. The van der Waals surface area contributed by atoms with Crippen LogP contribution in [0.5, 0.6) is 5.75 Å². The van der Waals surface area contributed by atoms with Crippen molar-refractivity contribution in [1.82, 2.24) is 10.6 Å². The lowest BCUT2D eigenvalue weighted by molar-refractivity contribution is -0.120. The number of carbonyl (C=O) groups excluding carboxylic acids is 2. The van der Waals surface area contributed by atoms with E-state index in [2.05, 4.69) is 10.6 Å². The number of benzene rings is 2. The van der Waals surface area contributed by atoms with Crippen LogP contribution in [-0.4, -0.2) is 39.4 Å². The molecule has 1 heterocycles. The van der Waals surface area contributed by atoms with Gasteiger partial charge in [-0.2, -0.15) is 0 Å². The molecule has 1 amide bonds. The van der Waals surface area contributed by atoms with Gasteiger partial charge in [0, 0.05) is 36.9 Å². The van der Waals surface area contributed by atoms with Crippen LogP contribution in [0.2, 0.25) is 0 Å². The molecule has 6 heteroatoms. The first kappa shape index (κ1) is 18.9. The largest absolute Gasteiger partial charge is 0.492 e. The molecule has 142 valence electrons. The minimum absolute atomic E-state index is 0.0807. The molecule has 2 N–H and O–H groups in total. The summed E-state index contributed by atoms with van der Waals surface area (Å²) in [4.78, 5) is 23.2. The highest BCUT2D eigenvalue weighted by Crippen LogP contribution is 2.36. The first-order chi connectivity index (χ1) is 13.2. The van der Waals surface area contributed by atoms with Gasteiger partial charge in [-0.05, 0) is 48.5 Å². The molecular formula is C21H24N2O4. The number of fused-ring (bicyclic) bond motifs is 3. The van der Waals surface area contributed by atoms with Crippen LogP contribution < -0.4 is 15.4 Å². The van der Waals surface area contributed by atoms with Gasteiger partial charge in [0.05, 0.1) is 6.26 Å². The summed E-state index contributed by atoms with van der Waals surface area (Å²) in [6, 6.07) is 9.79. The topological polar surface area (TPSA) is 80.6 Å². The maximum atomic E-state index is 11.7. The van der Waals surface area contributed by atoms with Gasteiger partial charge >= 0.3 is 0 Å². The highest BCUT2D eigenvalue weighted by atomic mass is 16.5. The maximum absolute atomic E-state index is 11.7. The first-order valence-corrected chi connectivity index (χ1v) is 9.05. The molecule has 0 saturated carbocycles. The number of likely N-dealkylation sites (N-methyl/N-ethyl adjacent to an activating group) is 1. The first-order valence-electron chi connectivity index (χ1n) is 9.05. The molecule has 0 aliphatic carbocycles. The van der Waals surface area contributed by atoms with Crippen LogP contribution in [0, 0.1) is 0 Å². The number of hydrogen-bond acceptors (Lipinski definition) is 5. The molecular weight excluding hydrogens is 344 g/mol. The fourth-order valence-corrected chi connectivity index (χ4v) is 3.21. The summed E-state index contributed by atoms with van der Waals surface area (Å²) in [6.45, 7) is 1.36. The van der Waals surface area contributed by atoms with Gasteiger partial charge in [-0.3, -0.25) is 4.79 Å². The van der Waals surface area contributed by atoms with Crippen molar-refractivity contribution in [2.24, 2.45) is 0 Å². The zero-order valence-corrected chi connectivity index (χ0v) is 15.6. The number of hydrogen-bond donors (Lipinski definition) is 2. The lowest BCUT2D eigenvalue weighted by atomic mass is 9.92. The Morgan fingerprint density at radius 1 is 1.26 bits per heavy atom. The predicted molar refractivity (Wildman–Crippen MR) is 105 cm³/mol. The van der Waals surface area contributed by atoms with Crippen LogP contribution in [0.1, 0.15) is 24.3 Å². The lowest BCUT2D eigenvalue weighted by Crippen LogP contribution is -2.18. The van der Waals surface area contributed by atoms with Crippen molar-refractivity contribution in [3.8, 4) is 5.75 Å². The summed E-state index contributed by atoms with van der Waals surface area (Å²) < 4.78 is 11.4. The van der Waals surface area contributed by atoms with Gasteiger partial charge in [-0.1, -0.05) is 6.07 Å². The smallest absolute Gasteiger partial charge is 0.219 e. The monoisotopic (exact) mass is 368 g/mol. The Bertz CT molecular complexity index is 948. The molecule has 0 bridgehead atoms. The average molecular weight is 368 g/mol. The molecule has 2 aromatic carbocycles. The number of rotatable bonds is 9. The summed E-state index contributed by atoms with van der Waals surface area (Å²) in [5.41, 5.74) is 1.55. The van der Waals surface area contributed by atoms with Crippen molar-refractivity contribution < 1.29 is 18.7 Å². The number of aldehydes is 1. The van der Waals surface area contributed by atoms with Crippen molar-refractivity contribution in [3.63, 3.8) is 0 Å². The van der Waals surface area contributed by atoms with Crippen LogP contribution >= 0.6 is 0 Å². The third kappa shape index (κ3) is 4.11. The molecule has 3 aromatic rings. The van der Waals surface area contributed by atoms with Crippen molar-refractivity contribution in [2.75, 3.05) is 27.2 Å². The highest BCUT2D eigenvalue weighted by molar-refractivity contribution is 6.08. The van der Waals surface area contributed by atoms with E-state index in [0.717, 1.165) is 45.9 Å². The van der Waals surface area contributed by atoms with E-state index in [1.807, 2.05) is 37.4 Å². The van der Waals surface area contributed by atoms with E-state index in [0.29, 0.717) is 19.4 Å². The third-order valence-corrected chi connectivity index (χ3v) is 4.70. The van der Waals surface area contributed by atoms with Crippen molar-refractivity contribution >= 4 is 33.9 Å². The highest BCUT2D eigenvalue weighted by Gasteiger charge is 2.19. The lowest BCUT2D eigenvalue weighted by Gasteiger charge is -2.11. The van der Waals surface area contributed by atoms with Crippen LogP contribution in [0.3, 0.4) is 0 Å². The zero-order chi connectivity index (χ0) is 19.2. The number of carbonyl (C=O) groups is 2. The Morgan fingerprint density at radius 3 is 2.85 bits per heavy atom. The van der Waals surface area contributed by atoms with Gasteiger partial charge in [0.25, 0.3) is 0 Å². The molecule has 0 radical (unpaired) electrons. The van der Waals surface area contributed by atoms with E-state index in [1.165, 1.54) is 0 Å². The molecule has 1 atom stereocenters. The maximum Gasteiger partial charge on any atom is 0.219 e. The molecule has 1 aromatic heterocycles. The number of nitrogens with one attached hydrogen (secondary N) is 2. The van der Waals surface area contributed by atoms with Gasteiger partial charge in [0.1, 0.15) is 24.2 Å². The summed E-state index contributed by atoms with van der Waals surface area (Å²) >= 11 is 0. The second-order valence-electron chi connectivity index (χ2n) is 6.42. The summed E-state index contributed by atoms with van der Waals surface area (Å²) in [5.74, 6) is 0.331. The van der Waals surface area contributed by atoms with E-state index in [1.54, 1.807) is 13.3 Å². The van der Waals surface area contributed by atoms with E-state index in [9.17, 15) is 9.59 Å². The molecule has 0 saturated heterocycles. The van der Waals surface area contributed by atoms with Gasteiger partial charge in [-0.25, -0.2) is 0 Å². The summed E-state index contributed by atoms with van der Waals surface area (Å²) in [5, 5.41) is 8.57. The number of amides is 1. The second kappa shape index (κ2) is 8.68. The van der Waals surface area contributed by atoms with E-state index in [-0.39, 0.29) is 11.8 Å². The minimum Gasteiger partial charge on any atom is -0.492 e. The van der Waals surface area contributed by atoms with Crippen LogP contribution in [0.4, 0.5) is 0 Å². The van der Waals surface area contributed by atoms with Crippen LogP contribution in [-0.2, 0) is 9.59 Å². The molecule has 27 heavy (non-hydrogen) atoms. The Labute approximate surface area is 157 Å². The zero-order valence-electron chi connectivity index (χ0n) is 15.6. The van der Waals surface area contributed by atoms with E-state index >= 15 is 0 Å². The van der Waals surface area contributed by atoms with Gasteiger partial charge in [-0.15, -0.1) is 0 Å². The van der Waals surface area contributed by atoms with Gasteiger partial charge < -0.3 is 24.6 Å². The molecule has 0 fully saturated rings. The van der Waals surface area contributed by atoms with Crippen LogP contribution in [0.15, 0.2) is 41.0 Å². The number of furan rings is 1. The quantitative estimate of drug-likeness (QED) is 0.448. The Hall–Kier alpha value is -2.86. The summed E-state index contributed by atoms with van der Waals surface area (Å²) in [6.07, 6.45) is 3.26. The fourth-order valence-electron chi connectivity index (χ4n) is 3.21. The average Bonchev–Trinajstić information content (AvgIpc) is 3.12. The molecule has 1 unspecified atom stereocenters. The third-order valence-electron chi connectivity index (χ3n) is 4.70. The number of ether oxygens (including phenoxy) is 1. The molecule has 6 nitrogen and oxygen atoms in total. The second-order valence-corrected chi connectivity index (χ2v) is 6.42. The van der Waals surface area contributed by atoms with Crippen molar-refractivity contribution in [3.05, 3.63) is 42.2 Å².